The normalized spacial score (nSPS) is 11.4. The average molecular weight is 301 g/mol. The van der Waals surface area contributed by atoms with Crippen LogP contribution < -0.4 is 5.32 Å². The number of nitrogens with zero attached hydrogens (tertiary/aromatic N) is 3. The molecule has 0 amide bonds. The molecule has 4 nitrogen and oxygen atoms in total. The van der Waals surface area contributed by atoms with Crippen molar-refractivity contribution in [2.45, 2.75) is 26.4 Å². The van der Waals surface area contributed by atoms with Crippen molar-refractivity contribution >= 4 is 22.6 Å². The summed E-state index contributed by atoms with van der Waals surface area (Å²) in [5.74, 6) is 0. The van der Waals surface area contributed by atoms with Crippen molar-refractivity contribution in [3.8, 4) is 5.69 Å². The van der Waals surface area contributed by atoms with Gasteiger partial charge in [0.05, 0.1) is 11.2 Å². The third kappa shape index (κ3) is 2.77. The molecule has 0 fully saturated rings. The second-order valence-corrected chi connectivity index (χ2v) is 5.67. The Bertz CT molecular complexity index is 764. The summed E-state index contributed by atoms with van der Waals surface area (Å²) in [5.41, 5.74) is 3.85. The Morgan fingerprint density at radius 1 is 1.14 bits per heavy atom. The lowest BCUT2D eigenvalue weighted by atomic mass is 10.1. The summed E-state index contributed by atoms with van der Waals surface area (Å²) in [5, 5.41) is 12.6. The third-order valence-corrected chi connectivity index (χ3v) is 3.72. The molecular weight excluding hydrogens is 284 g/mol. The fraction of sp³-hybridized carbons (Fsp3) is 0.250. The van der Waals surface area contributed by atoms with E-state index in [2.05, 4.69) is 29.5 Å². The molecule has 0 bridgehead atoms. The second kappa shape index (κ2) is 5.84. The van der Waals surface area contributed by atoms with Crippen LogP contribution in [-0.2, 0) is 6.54 Å². The van der Waals surface area contributed by atoms with Gasteiger partial charge in [-0.1, -0.05) is 48.9 Å². The zero-order valence-corrected chi connectivity index (χ0v) is 12.8. The summed E-state index contributed by atoms with van der Waals surface area (Å²) >= 11 is 6.38. The number of fused-ring (bicyclic) bond motifs is 1. The summed E-state index contributed by atoms with van der Waals surface area (Å²) in [7, 11) is 0. The fourth-order valence-corrected chi connectivity index (χ4v) is 2.51. The van der Waals surface area contributed by atoms with Crippen molar-refractivity contribution in [2.24, 2.45) is 0 Å². The topological polar surface area (TPSA) is 42.7 Å². The molecule has 3 aromatic rings. The van der Waals surface area contributed by atoms with E-state index in [-0.39, 0.29) is 0 Å². The van der Waals surface area contributed by atoms with Gasteiger partial charge in [-0.3, -0.25) is 0 Å². The first-order valence-corrected chi connectivity index (χ1v) is 7.36. The van der Waals surface area contributed by atoms with Gasteiger partial charge in [-0.05, 0) is 24.3 Å². The number of benzene rings is 2. The van der Waals surface area contributed by atoms with Crippen LogP contribution in [-0.4, -0.2) is 21.0 Å². The van der Waals surface area contributed by atoms with Crippen molar-refractivity contribution in [2.75, 3.05) is 0 Å². The Balaban J connectivity index is 2.11. The average Bonchev–Trinajstić information content (AvgIpc) is 2.89. The molecule has 1 heterocycles. The number of rotatable bonds is 4. The number of aromatic nitrogens is 3. The molecule has 2 aromatic carbocycles. The van der Waals surface area contributed by atoms with Gasteiger partial charge in [0.1, 0.15) is 5.52 Å². The Morgan fingerprint density at radius 3 is 2.76 bits per heavy atom. The Labute approximate surface area is 128 Å². The minimum atomic E-state index is 0.390. The van der Waals surface area contributed by atoms with Gasteiger partial charge in [0.15, 0.2) is 0 Å². The maximum absolute atomic E-state index is 6.38. The van der Waals surface area contributed by atoms with Crippen molar-refractivity contribution < 1.29 is 0 Å². The molecule has 0 aliphatic heterocycles. The van der Waals surface area contributed by atoms with Crippen LogP contribution in [0.1, 0.15) is 19.4 Å². The molecule has 0 unspecified atom stereocenters. The zero-order chi connectivity index (χ0) is 14.8. The number of halogens is 1. The molecule has 0 saturated heterocycles. The number of para-hydroxylation sites is 1. The molecule has 0 aliphatic rings. The molecule has 0 aliphatic carbocycles. The number of hydrogen-bond donors (Lipinski definition) is 1. The van der Waals surface area contributed by atoms with Gasteiger partial charge >= 0.3 is 0 Å². The van der Waals surface area contributed by atoms with Crippen LogP contribution in [0.25, 0.3) is 16.7 Å². The molecule has 0 saturated carbocycles. The molecule has 1 aromatic heterocycles. The van der Waals surface area contributed by atoms with Gasteiger partial charge in [-0.25, -0.2) is 4.68 Å². The first-order chi connectivity index (χ1) is 10.2. The van der Waals surface area contributed by atoms with Crippen LogP contribution in [0, 0.1) is 0 Å². The van der Waals surface area contributed by atoms with Gasteiger partial charge in [0.25, 0.3) is 0 Å². The highest BCUT2D eigenvalue weighted by molar-refractivity contribution is 6.31. The Kier molecular flexibility index (Phi) is 3.90. The molecular formula is C16H17ClN4. The summed E-state index contributed by atoms with van der Waals surface area (Å²) < 4.78 is 1.85. The lowest BCUT2D eigenvalue weighted by Crippen LogP contribution is -2.23. The van der Waals surface area contributed by atoms with Gasteiger partial charge in [-0.15, -0.1) is 5.10 Å². The molecule has 21 heavy (non-hydrogen) atoms. The van der Waals surface area contributed by atoms with E-state index in [1.54, 1.807) is 0 Å². The van der Waals surface area contributed by atoms with Gasteiger partial charge < -0.3 is 5.32 Å². The summed E-state index contributed by atoms with van der Waals surface area (Å²) in [4.78, 5) is 0. The van der Waals surface area contributed by atoms with Gasteiger partial charge in [0.2, 0.25) is 0 Å². The summed E-state index contributed by atoms with van der Waals surface area (Å²) in [6, 6.07) is 14.2. The van der Waals surface area contributed by atoms with Crippen LogP contribution in [0.5, 0.6) is 0 Å². The molecule has 0 atom stereocenters. The third-order valence-electron chi connectivity index (χ3n) is 3.36. The van der Waals surface area contributed by atoms with E-state index in [1.165, 1.54) is 0 Å². The van der Waals surface area contributed by atoms with E-state index >= 15 is 0 Å². The maximum Gasteiger partial charge on any atom is 0.113 e. The highest BCUT2D eigenvalue weighted by Gasteiger charge is 2.13. The lowest BCUT2D eigenvalue weighted by molar-refractivity contribution is 0.586. The molecule has 108 valence electrons. The van der Waals surface area contributed by atoms with Crippen molar-refractivity contribution in [1.29, 1.82) is 0 Å². The largest absolute Gasteiger partial charge is 0.310 e. The zero-order valence-electron chi connectivity index (χ0n) is 12.0. The number of hydrogen-bond acceptors (Lipinski definition) is 3. The van der Waals surface area contributed by atoms with E-state index < -0.39 is 0 Å². The summed E-state index contributed by atoms with van der Waals surface area (Å²) in [6.07, 6.45) is 0. The van der Waals surface area contributed by atoms with E-state index in [9.17, 15) is 0 Å². The molecule has 0 radical (unpaired) electrons. The smallest absolute Gasteiger partial charge is 0.113 e. The van der Waals surface area contributed by atoms with Gasteiger partial charge in [0, 0.05) is 23.2 Å². The minimum absolute atomic E-state index is 0.390. The first kappa shape index (κ1) is 14.0. The summed E-state index contributed by atoms with van der Waals surface area (Å²) in [6.45, 7) is 4.92. The van der Waals surface area contributed by atoms with Gasteiger partial charge in [-0.2, -0.15) is 0 Å². The van der Waals surface area contributed by atoms with Crippen LogP contribution in [0.2, 0.25) is 5.02 Å². The van der Waals surface area contributed by atoms with Crippen molar-refractivity contribution in [1.82, 2.24) is 20.3 Å². The first-order valence-electron chi connectivity index (χ1n) is 6.98. The predicted octanol–water partition coefficient (Wildman–Crippen LogP) is 3.57. The van der Waals surface area contributed by atoms with Crippen LogP contribution in [0.15, 0.2) is 42.5 Å². The van der Waals surface area contributed by atoms with E-state index in [0.29, 0.717) is 12.6 Å². The van der Waals surface area contributed by atoms with Crippen molar-refractivity contribution in [3.63, 3.8) is 0 Å². The Morgan fingerprint density at radius 2 is 1.95 bits per heavy atom. The SMILES string of the molecule is CC(C)NCc1c(Cl)cccc1-n1nnc2ccccc21. The minimum Gasteiger partial charge on any atom is -0.310 e. The highest BCUT2D eigenvalue weighted by Crippen LogP contribution is 2.25. The predicted molar refractivity (Wildman–Crippen MR) is 85.9 cm³/mol. The molecule has 1 N–H and O–H groups in total. The maximum atomic E-state index is 6.38. The quantitative estimate of drug-likeness (QED) is 0.801. The van der Waals surface area contributed by atoms with Crippen molar-refractivity contribution in [3.05, 3.63) is 53.1 Å². The van der Waals surface area contributed by atoms with E-state index in [1.807, 2.05) is 47.1 Å². The number of nitrogens with one attached hydrogen (secondary N) is 1. The Hall–Kier alpha value is -1.91. The van der Waals surface area contributed by atoms with Crippen LogP contribution in [0.4, 0.5) is 0 Å². The van der Waals surface area contributed by atoms with Crippen LogP contribution in [0.3, 0.4) is 0 Å². The second-order valence-electron chi connectivity index (χ2n) is 5.26. The highest BCUT2D eigenvalue weighted by atomic mass is 35.5. The monoisotopic (exact) mass is 300 g/mol. The molecule has 0 spiro atoms. The van der Waals surface area contributed by atoms with Crippen LogP contribution >= 0.6 is 11.6 Å². The fourth-order valence-electron chi connectivity index (χ4n) is 2.27. The van der Waals surface area contributed by atoms with E-state index in [4.69, 9.17) is 11.6 Å². The van der Waals surface area contributed by atoms with E-state index in [0.717, 1.165) is 27.3 Å². The molecule has 5 heteroatoms. The lowest BCUT2D eigenvalue weighted by Gasteiger charge is -2.14. The molecule has 3 rings (SSSR count). The standard InChI is InChI=1S/C16H17ClN4/c1-11(2)18-10-12-13(17)6-5-9-15(12)21-16-8-4-3-7-14(16)19-20-21/h3-9,11,18H,10H2,1-2H3.